The summed E-state index contributed by atoms with van der Waals surface area (Å²) in [6, 6.07) is 13.2. The van der Waals surface area contributed by atoms with Crippen molar-refractivity contribution in [3.05, 3.63) is 63.9 Å². The van der Waals surface area contributed by atoms with Crippen molar-refractivity contribution in [2.75, 3.05) is 7.11 Å². The maximum atomic E-state index is 13.4. The molecule has 1 atom stereocenters. The highest BCUT2D eigenvalue weighted by atomic mass is 79.9. The molecule has 4 heteroatoms. The van der Waals surface area contributed by atoms with Crippen LogP contribution in [0.3, 0.4) is 0 Å². The van der Waals surface area contributed by atoms with Crippen LogP contribution in [0.4, 0.5) is 4.39 Å². The molecular formula is C16H17BrFNO. The minimum absolute atomic E-state index is 0.177. The molecular weight excluding hydrogens is 321 g/mol. The summed E-state index contributed by atoms with van der Waals surface area (Å²) in [5, 5.41) is 3.38. The van der Waals surface area contributed by atoms with Gasteiger partial charge in [0.1, 0.15) is 11.6 Å². The largest absolute Gasteiger partial charge is 0.497 e. The SMILES string of the molecule is COc1ccc([C@H](C)NCc2cccc(F)c2Br)cc1. The monoisotopic (exact) mass is 337 g/mol. The van der Waals surface area contributed by atoms with E-state index >= 15 is 0 Å². The summed E-state index contributed by atoms with van der Waals surface area (Å²) in [5.41, 5.74) is 2.07. The van der Waals surface area contributed by atoms with Crippen LogP contribution in [-0.2, 0) is 6.54 Å². The predicted octanol–water partition coefficient (Wildman–Crippen LogP) is 4.45. The van der Waals surface area contributed by atoms with Gasteiger partial charge < -0.3 is 10.1 Å². The number of nitrogens with one attached hydrogen (secondary N) is 1. The standard InChI is InChI=1S/C16H17BrFNO/c1-11(12-6-8-14(20-2)9-7-12)19-10-13-4-3-5-15(18)16(13)17/h3-9,11,19H,10H2,1-2H3/t11-/m0/s1. The van der Waals surface area contributed by atoms with E-state index in [0.29, 0.717) is 11.0 Å². The van der Waals surface area contributed by atoms with Crippen molar-refractivity contribution in [2.45, 2.75) is 19.5 Å². The van der Waals surface area contributed by atoms with Crippen LogP contribution >= 0.6 is 15.9 Å². The molecule has 2 nitrogen and oxygen atoms in total. The highest BCUT2D eigenvalue weighted by Crippen LogP contribution is 2.22. The number of halogens is 2. The summed E-state index contributed by atoms with van der Waals surface area (Å²) < 4.78 is 19.1. The molecule has 0 spiro atoms. The zero-order valence-electron chi connectivity index (χ0n) is 11.5. The Morgan fingerprint density at radius 3 is 2.55 bits per heavy atom. The highest BCUT2D eigenvalue weighted by Gasteiger charge is 2.08. The molecule has 0 bridgehead atoms. The third-order valence-electron chi connectivity index (χ3n) is 3.25. The molecule has 2 aromatic carbocycles. The number of hydrogen-bond acceptors (Lipinski definition) is 2. The second-order valence-electron chi connectivity index (χ2n) is 4.59. The summed E-state index contributed by atoms with van der Waals surface area (Å²) in [4.78, 5) is 0. The van der Waals surface area contributed by atoms with Gasteiger partial charge in [-0.05, 0) is 52.2 Å². The van der Waals surface area contributed by atoms with Gasteiger partial charge in [0, 0.05) is 12.6 Å². The van der Waals surface area contributed by atoms with Gasteiger partial charge in [0.2, 0.25) is 0 Å². The van der Waals surface area contributed by atoms with E-state index in [0.717, 1.165) is 11.3 Å². The van der Waals surface area contributed by atoms with Gasteiger partial charge in [-0.3, -0.25) is 0 Å². The van der Waals surface area contributed by atoms with Crippen molar-refractivity contribution in [3.8, 4) is 5.75 Å². The van der Waals surface area contributed by atoms with Crippen LogP contribution in [0.15, 0.2) is 46.9 Å². The van der Waals surface area contributed by atoms with E-state index in [4.69, 9.17) is 4.74 Å². The summed E-state index contributed by atoms with van der Waals surface area (Å²) in [6.45, 7) is 2.68. The van der Waals surface area contributed by atoms with Crippen LogP contribution in [0, 0.1) is 5.82 Å². The number of benzene rings is 2. The van der Waals surface area contributed by atoms with E-state index in [-0.39, 0.29) is 11.9 Å². The second kappa shape index (κ2) is 6.86. The number of methoxy groups -OCH3 is 1. The third-order valence-corrected chi connectivity index (χ3v) is 4.13. The molecule has 0 aliphatic carbocycles. The second-order valence-corrected chi connectivity index (χ2v) is 5.38. The summed E-state index contributed by atoms with van der Waals surface area (Å²) >= 11 is 3.27. The third kappa shape index (κ3) is 3.58. The molecule has 0 heterocycles. The lowest BCUT2D eigenvalue weighted by molar-refractivity contribution is 0.414. The average molecular weight is 338 g/mol. The molecule has 0 radical (unpaired) electrons. The topological polar surface area (TPSA) is 21.3 Å². The van der Waals surface area contributed by atoms with Gasteiger partial charge in [-0.25, -0.2) is 4.39 Å². The molecule has 0 aromatic heterocycles. The Morgan fingerprint density at radius 2 is 1.90 bits per heavy atom. The Morgan fingerprint density at radius 1 is 1.20 bits per heavy atom. The number of ether oxygens (including phenoxy) is 1. The summed E-state index contributed by atoms with van der Waals surface area (Å²) in [5.74, 6) is 0.607. The Bertz CT molecular complexity index is 571. The molecule has 20 heavy (non-hydrogen) atoms. The minimum Gasteiger partial charge on any atom is -0.497 e. The quantitative estimate of drug-likeness (QED) is 0.870. The fourth-order valence-electron chi connectivity index (χ4n) is 1.96. The Labute approximate surface area is 127 Å². The van der Waals surface area contributed by atoms with Crippen LogP contribution in [-0.4, -0.2) is 7.11 Å². The van der Waals surface area contributed by atoms with Gasteiger partial charge in [-0.15, -0.1) is 0 Å². The molecule has 2 rings (SSSR count). The first kappa shape index (κ1) is 15.0. The summed E-state index contributed by atoms with van der Waals surface area (Å²) in [7, 11) is 1.65. The van der Waals surface area contributed by atoms with Crippen LogP contribution in [0.25, 0.3) is 0 Å². The summed E-state index contributed by atoms with van der Waals surface area (Å²) in [6.07, 6.45) is 0. The van der Waals surface area contributed by atoms with Crippen LogP contribution < -0.4 is 10.1 Å². The maximum Gasteiger partial charge on any atom is 0.137 e. The molecule has 0 unspecified atom stereocenters. The van der Waals surface area contributed by atoms with Crippen molar-refractivity contribution in [1.29, 1.82) is 0 Å². The molecule has 0 saturated heterocycles. The lowest BCUT2D eigenvalue weighted by Crippen LogP contribution is -2.18. The van der Waals surface area contributed by atoms with Gasteiger partial charge in [0.25, 0.3) is 0 Å². The van der Waals surface area contributed by atoms with Crippen LogP contribution in [0.5, 0.6) is 5.75 Å². The van der Waals surface area contributed by atoms with E-state index in [2.05, 4.69) is 28.2 Å². The van der Waals surface area contributed by atoms with Crippen molar-refractivity contribution < 1.29 is 9.13 Å². The molecule has 0 aliphatic rings. The molecule has 0 amide bonds. The van der Waals surface area contributed by atoms with E-state index in [9.17, 15) is 4.39 Å². The molecule has 2 aromatic rings. The van der Waals surface area contributed by atoms with Crippen LogP contribution in [0.2, 0.25) is 0 Å². The number of hydrogen-bond donors (Lipinski definition) is 1. The normalized spacial score (nSPS) is 12.2. The predicted molar refractivity (Wildman–Crippen MR) is 82.3 cm³/mol. The van der Waals surface area contributed by atoms with Gasteiger partial charge >= 0.3 is 0 Å². The van der Waals surface area contributed by atoms with Crippen molar-refractivity contribution in [3.63, 3.8) is 0 Å². The Hall–Kier alpha value is -1.39. The zero-order chi connectivity index (χ0) is 14.5. The molecule has 0 saturated carbocycles. The van der Waals surface area contributed by atoms with E-state index in [1.165, 1.54) is 11.6 Å². The van der Waals surface area contributed by atoms with E-state index in [1.807, 2.05) is 30.3 Å². The minimum atomic E-state index is -0.235. The maximum absolute atomic E-state index is 13.4. The fourth-order valence-corrected chi connectivity index (χ4v) is 2.36. The lowest BCUT2D eigenvalue weighted by Gasteiger charge is -2.15. The molecule has 1 N–H and O–H groups in total. The van der Waals surface area contributed by atoms with Gasteiger partial charge in [-0.2, -0.15) is 0 Å². The van der Waals surface area contributed by atoms with Crippen LogP contribution in [0.1, 0.15) is 24.1 Å². The molecule has 106 valence electrons. The molecule has 0 aliphatic heterocycles. The van der Waals surface area contributed by atoms with Gasteiger partial charge in [0.05, 0.1) is 11.6 Å². The molecule has 0 fully saturated rings. The van der Waals surface area contributed by atoms with Crippen molar-refractivity contribution in [1.82, 2.24) is 5.32 Å². The van der Waals surface area contributed by atoms with Crippen molar-refractivity contribution >= 4 is 15.9 Å². The smallest absolute Gasteiger partial charge is 0.137 e. The fraction of sp³-hybridized carbons (Fsp3) is 0.250. The first-order valence-corrected chi connectivity index (χ1v) is 7.21. The van der Waals surface area contributed by atoms with Gasteiger partial charge in [0.15, 0.2) is 0 Å². The first-order chi connectivity index (χ1) is 9.61. The Balaban J connectivity index is 2.00. The van der Waals surface area contributed by atoms with E-state index < -0.39 is 0 Å². The van der Waals surface area contributed by atoms with Crippen molar-refractivity contribution in [2.24, 2.45) is 0 Å². The Kier molecular flexibility index (Phi) is 5.15. The van der Waals surface area contributed by atoms with Gasteiger partial charge in [-0.1, -0.05) is 24.3 Å². The first-order valence-electron chi connectivity index (χ1n) is 6.42. The van der Waals surface area contributed by atoms with E-state index in [1.54, 1.807) is 13.2 Å². The zero-order valence-corrected chi connectivity index (χ0v) is 13.1. The highest BCUT2D eigenvalue weighted by molar-refractivity contribution is 9.10. The lowest BCUT2D eigenvalue weighted by atomic mass is 10.1. The number of rotatable bonds is 5. The average Bonchev–Trinajstić information content (AvgIpc) is 2.48.